The van der Waals surface area contributed by atoms with Gasteiger partial charge in [-0.2, -0.15) is 0 Å². The highest BCUT2D eigenvalue weighted by molar-refractivity contribution is 5.56. The molecule has 1 aromatic heterocycles. The molecule has 4 N–H and O–H groups in total. The minimum Gasteiger partial charge on any atom is -0.385 e. The molecule has 1 aromatic rings. The summed E-state index contributed by atoms with van der Waals surface area (Å²) in [6.45, 7) is 5.51. The number of nitrogen functional groups attached to an aromatic ring is 1. The van der Waals surface area contributed by atoms with E-state index in [0.717, 1.165) is 43.2 Å². The van der Waals surface area contributed by atoms with Gasteiger partial charge in [-0.25, -0.2) is 15.8 Å². The van der Waals surface area contributed by atoms with Crippen LogP contribution in [0.1, 0.15) is 24.7 Å². The standard InChI is InChI=1S/C11H21N5O/c1-4-9-14-10(13-6-5-7-17-3)8(2)11(15-9)16-12/h4-7,12H2,1-3H3,(H2,13,14,15,16). The Morgan fingerprint density at radius 2 is 2.00 bits per heavy atom. The summed E-state index contributed by atoms with van der Waals surface area (Å²) in [6, 6.07) is 0. The van der Waals surface area contributed by atoms with Gasteiger partial charge in [0, 0.05) is 32.2 Å². The highest BCUT2D eigenvalue weighted by Crippen LogP contribution is 2.19. The number of hydrazine groups is 1. The lowest BCUT2D eigenvalue weighted by atomic mass is 10.3. The van der Waals surface area contributed by atoms with E-state index in [4.69, 9.17) is 10.6 Å². The second-order valence-electron chi connectivity index (χ2n) is 3.73. The van der Waals surface area contributed by atoms with Gasteiger partial charge in [0.2, 0.25) is 0 Å². The number of ether oxygens (including phenoxy) is 1. The minimum absolute atomic E-state index is 0.672. The maximum atomic E-state index is 5.43. The van der Waals surface area contributed by atoms with Gasteiger partial charge in [0.15, 0.2) is 0 Å². The number of methoxy groups -OCH3 is 1. The third-order valence-corrected chi connectivity index (χ3v) is 2.46. The normalized spacial score (nSPS) is 10.4. The summed E-state index contributed by atoms with van der Waals surface area (Å²) in [5.41, 5.74) is 3.53. The summed E-state index contributed by atoms with van der Waals surface area (Å²) in [5.74, 6) is 7.71. The molecule has 0 amide bonds. The number of hydrogen-bond donors (Lipinski definition) is 3. The number of anilines is 2. The molecule has 96 valence electrons. The van der Waals surface area contributed by atoms with Crippen LogP contribution in [0.4, 0.5) is 11.6 Å². The van der Waals surface area contributed by atoms with Crippen molar-refractivity contribution in [3.63, 3.8) is 0 Å². The molecule has 0 spiro atoms. The van der Waals surface area contributed by atoms with E-state index < -0.39 is 0 Å². The predicted octanol–water partition coefficient (Wildman–Crippen LogP) is 1.08. The van der Waals surface area contributed by atoms with Gasteiger partial charge < -0.3 is 15.5 Å². The number of hydrogen-bond acceptors (Lipinski definition) is 6. The maximum Gasteiger partial charge on any atom is 0.148 e. The lowest BCUT2D eigenvalue weighted by Gasteiger charge is -2.12. The van der Waals surface area contributed by atoms with E-state index in [9.17, 15) is 0 Å². The first-order valence-corrected chi connectivity index (χ1v) is 5.79. The van der Waals surface area contributed by atoms with E-state index >= 15 is 0 Å². The molecule has 6 nitrogen and oxygen atoms in total. The van der Waals surface area contributed by atoms with Crippen LogP contribution in [0.15, 0.2) is 0 Å². The van der Waals surface area contributed by atoms with Gasteiger partial charge in [-0.1, -0.05) is 6.92 Å². The second kappa shape index (κ2) is 7.03. The lowest BCUT2D eigenvalue weighted by molar-refractivity contribution is 0.197. The third-order valence-electron chi connectivity index (χ3n) is 2.46. The Labute approximate surface area is 102 Å². The molecule has 0 unspecified atom stereocenters. The monoisotopic (exact) mass is 239 g/mol. The Hall–Kier alpha value is -1.40. The first-order valence-electron chi connectivity index (χ1n) is 5.79. The Morgan fingerprint density at radius 3 is 2.59 bits per heavy atom. The summed E-state index contributed by atoms with van der Waals surface area (Å²) in [5, 5.41) is 3.27. The molecule has 0 fully saturated rings. The van der Waals surface area contributed by atoms with Crippen molar-refractivity contribution in [3.8, 4) is 0 Å². The molecule has 0 aliphatic carbocycles. The molecular weight excluding hydrogens is 218 g/mol. The zero-order chi connectivity index (χ0) is 12.7. The van der Waals surface area contributed by atoms with Crippen LogP contribution in [-0.4, -0.2) is 30.2 Å². The fourth-order valence-electron chi connectivity index (χ4n) is 1.46. The molecule has 0 aliphatic heterocycles. The lowest BCUT2D eigenvalue weighted by Crippen LogP contribution is -2.15. The van der Waals surface area contributed by atoms with E-state index in [1.165, 1.54) is 0 Å². The molecule has 0 radical (unpaired) electrons. The van der Waals surface area contributed by atoms with Crippen molar-refractivity contribution in [2.24, 2.45) is 5.84 Å². The number of nitrogens with zero attached hydrogens (tertiary/aromatic N) is 2. The summed E-state index contributed by atoms with van der Waals surface area (Å²) in [7, 11) is 1.70. The van der Waals surface area contributed by atoms with E-state index in [0.29, 0.717) is 5.82 Å². The van der Waals surface area contributed by atoms with Crippen LogP contribution < -0.4 is 16.6 Å². The largest absolute Gasteiger partial charge is 0.385 e. The van der Waals surface area contributed by atoms with Gasteiger partial charge in [0.25, 0.3) is 0 Å². The van der Waals surface area contributed by atoms with Crippen LogP contribution in [0.2, 0.25) is 0 Å². The maximum absolute atomic E-state index is 5.43. The molecule has 0 saturated carbocycles. The van der Waals surface area contributed by atoms with Crippen molar-refractivity contribution in [2.75, 3.05) is 31.0 Å². The van der Waals surface area contributed by atoms with Crippen molar-refractivity contribution < 1.29 is 4.74 Å². The molecule has 0 atom stereocenters. The smallest absolute Gasteiger partial charge is 0.148 e. The third kappa shape index (κ3) is 3.83. The highest BCUT2D eigenvalue weighted by atomic mass is 16.5. The number of nitrogens with two attached hydrogens (primary N) is 1. The zero-order valence-corrected chi connectivity index (χ0v) is 10.7. The van der Waals surface area contributed by atoms with Crippen molar-refractivity contribution in [1.29, 1.82) is 0 Å². The van der Waals surface area contributed by atoms with Crippen LogP contribution in [0.3, 0.4) is 0 Å². The van der Waals surface area contributed by atoms with Crippen molar-refractivity contribution in [1.82, 2.24) is 9.97 Å². The first kappa shape index (κ1) is 13.7. The van der Waals surface area contributed by atoms with Crippen LogP contribution in [0.5, 0.6) is 0 Å². The Kier molecular flexibility index (Phi) is 5.65. The molecule has 6 heteroatoms. The van der Waals surface area contributed by atoms with Gasteiger partial charge in [-0.3, -0.25) is 0 Å². The number of nitrogens with one attached hydrogen (secondary N) is 2. The molecule has 0 aliphatic rings. The predicted molar refractivity (Wildman–Crippen MR) is 68.9 cm³/mol. The van der Waals surface area contributed by atoms with Gasteiger partial charge in [-0.05, 0) is 13.3 Å². The number of aromatic nitrogens is 2. The second-order valence-corrected chi connectivity index (χ2v) is 3.73. The fourth-order valence-corrected chi connectivity index (χ4v) is 1.46. The summed E-state index contributed by atoms with van der Waals surface area (Å²) < 4.78 is 4.99. The molecule has 0 aromatic carbocycles. The van der Waals surface area contributed by atoms with Crippen molar-refractivity contribution in [2.45, 2.75) is 26.7 Å². The van der Waals surface area contributed by atoms with Crippen LogP contribution >= 0.6 is 0 Å². The SMILES string of the molecule is CCc1nc(NN)c(C)c(NCCCOC)n1. The quantitative estimate of drug-likeness (QED) is 0.375. The van der Waals surface area contributed by atoms with Gasteiger partial charge in [0.1, 0.15) is 17.5 Å². The average Bonchev–Trinajstić information content (AvgIpc) is 2.36. The topological polar surface area (TPSA) is 85.1 Å². The summed E-state index contributed by atoms with van der Waals surface area (Å²) >= 11 is 0. The van der Waals surface area contributed by atoms with E-state index in [1.807, 2.05) is 13.8 Å². The Morgan fingerprint density at radius 1 is 1.29 bits per heavy atom. The fraction of sp³-hybridized carbons (Fsp3) is 0.636. The highest BCUT2D eigenvalue weighted by Gasteiger charge is 2.08. The van der Waals surface area contributed by atoms with Crippen LogP contribution in [0.25, 0.3) is 0 Å². The molecule has 17 heavy (non-hydrogen) atoms. The number of rotatable bonds is 7. The summed E-state index contributed by atoms with van der Waals surface area (Å²) in [6.07, 6.45) is 1.72. The Balaban J connectivity index is 2.75. The summed E-state index contributed by atoms with van der Waals surface area (Å²) in [4.78, 5) is 8.74. The van der Waals surface area contributed by atoms with Crippen LogP contribution in [-0.2, 0) is 11.2 Å². The van der Waals surface area contributed by atoms with Crippen molar-refractivity contribution in [3.05, 3.63) is 11.4 Å². The molecule has 1 rings (SSSR count). The molecule has 0 bridgehead atoms. The zero-order valence-electron chi connectivity index (χ0n) is 10.7. The first-order chi connectivity index (χ1) is 8.22. The van der Waals surface area contributed by atoms with Gasteiger partial charge >= 0.3 is 0 Å². The average molecular weight is 239 g/mol. The number of aryl methyl sites for hydroxylation is 1. The molecule has 0 saturated heterocycles. The van der Waals surface area contributed by atoms with Crippen molar-refractivity contribution >= 4 is 11.6 Å². The van der Waals surface area contributed by atoms with E-state index in [1.54, 1.807) is 7.11 Å². The molecular formula is C11H21N5O. The van der Waals surface area contributed by atoms with Gasteiger partial charge in [0.05, 0.1) is 0 Å². The Bertz CT molecular complexity index is 356. The molecule has 1 heterocycles. The van der Waals surface area contributed by atoms with E-state index in [-0.39, 0.29) is 0 Å². The minimum atomic E-state index is 0.672. The van der Waals surface area contributed by atoms with Gasteiger partial charge in [-0.15, -0.1) is 0 Å². The van der Waals surface area contributed by atoms with E-state index in [2.05, 4.69) is 20.7 Å². The van der Waals surface area contributed by atoms with Crippen LogP contribution in [0, 0.1) is 6.92 Å².